The van der Waals surface area contributed by atoms with Gasteiger partial charge in [-0.15, -0.1) is 5.10 Å². The molecule has 2 N–H and O–H groups in total. The summed E-state index contributed by atoms with van der Waals surface area (Å²) >= 11 is 7.28. The minimum absolute atomic E-state index is 0.446. The average Bonchev–Trinajstić information content (AvgIpc) is 2.70. The highest BCUT2D eigenvalue weighted by molar-refractivity contribution is 8.13. The van der Waals surface area contributed by atoms with E-state index in [1.54, 1.807) is 18.5 Å². The van der Waals surface area contributed by atoms with Gasteiger partial charge in [-0.2, -0.15) is 5.10 Å². The number of hydrogen-bond donors (Lipinski definition) is 1. The molecule has 0 atom stereocenters. The van der Waals surface area contributed by atoms with Gasteiger partial charge in [-0.1, -0.05) is 84.0 Å². The molecule has 6 heteroatoms. The number of aromatic nitrogens is 1. The Hall–Kier alpha value is -2.63. The van der Waals surface area contributed by atoms with Gasteiger partial charge in [0.1, 0.15) is 5.15 Å². The summed E-state index contributed by atoms with van der Waals surface area (Å²) in [5.41, 5.74) is 10.4. The standard InChI is InChI=1S/C21H19ClN4S/c22-20-11-10-19(13-24-20)12-16-6-8-17(9-7-16)14-25-26-21(23)27-15-18-4-2-1-3-5-18/h1-11,13-14H,12,15H2,(H2,23,26). The van der Waals surface area contributed by atoms with E-state index in [1.807, 2.05) is 36.4 Å². The van der Waals surface area contributed by atoms with Gasteiger partial charge in [0.05, 0.1) is 6.21 Å². The molecule has 0 aliphatic heterocycles. The number of nitrogens with two attached hydrogens (primary N) is 1. The summed E-state index contributed by atoms with van der Waals surface area (Å²) in [6, 6.07) is 22.1. The van der Waals surface area contributed by atoms with Gasteiger partial charge < -0.3 is 5.73 Å². The number of nitrogens with zero attached hydrogens (tertiary/aromatic N) is 3. The second kappa shape index (κ2) is 9.90. The molecule has 0 radical (unpaired) electrons. The fraction of sp³-hybridized carbons (Fsp3) is 0.0952. The molecule has 136 valence electrons. The van der Waals surface area contributed by atoms with Crippen LogP contribution in [0.4, 0.5) is 0 Å². The van der Waals surface area contributed by atoms with E-state index in [1.165, 1.54) is 22.9 Å². The highest BCUT2D eigenvalue weighted by Gasteiger charge is 1.98. The van der Waals surface area contributed by atoms with Crippen molar-refractivity contribution >= 4 is 34.7 Å². The molecule has 3 rings (SSSR count). The van der Waals surface area contributed by atoms with Crippen molar-refractivity contribution in [2.45, 2.75) is 12.2 Å². The van der Waals surface area contributed by atoms with Crippen molar-refractivity contribution < 1.29 is 0 Å². The lowest BCUT2D eigenvalue weighted by atomic mass is 10.1. The Kier molecular flexibility index (Phi) is 7.02. The Morgan fingerprint density at radius 2 is 1.70 bits per heavy atom. The van der Waals surface area contributed by atoms with Crippen LogP contribution in [0.25, 0.3) is 0 Å². The van der Waals surface area contributed by atoms with E-state index >= 15 is 0 Å². The average molecular weight is 395 g/mol. The van der Waals surface area contributed by atoms with Crippen LogP contribution in [0.5, 0.6) is 0 Å². The van der Waals surface area contributed by atoms with Crippen LogP contribution in [-0.2, 0) is 12.2 Å². The van der Waals surface area contributed by atoms with Crippen LogP contribution < -0.4 is 5.73 Å². The maximum atomic E-state index is 5.89. The summed E-state index contributed by atoms with van der Waals surface area (Å²) in [4.78, 5) is 4.10. The maximum absolute atomic E-state index is 5.89. The molecule has 0 bridgehead atoms. The first-order valence-corrected chi connectivity index (χ1v) is 9.78. The molecule has 0 spiro atoms. The molecule has 27 heavy (non-hydrogen) atoms. The lowest BCUT2D eigenvalue weighted by molar-refractivity contribution is 1.14. The summed E-state index contributed by atoms with van der Waals surface area (Å²) in [6.07, 6.45) is 4.30. The van der Waals surface area contributed by atoms with Crippen molar-refractivity contribution in [1.82, 2.24) is 4.98 Å². The molecular weight excluding hydrogens is 376 g/mol. The van der Waals surface area contributed by atoms with Crippen LogP contribution >= 0.6 is 23.4 Å². The van der Waals surface area contributed by atoms with Gasteiger partial charge in [0, 0.05) is 11.9 Å². The predicted molar refractivity (Wildman–Crippen MR) is 115 cm³/mol. The first kappa shape index (κ1) is 19.1. The zero-order valence-corrected chi connectivity index (χ0v) is 16.2. The first-order chi connectivity index (χ1) is 13.2. The van der Waals surface area contributed by atoms with Gasteiger partial charge in [0.15, 0.2) is 5.17 Å². The minimum atomic E-state index is 0.446. The Morgan fingerprint density at radius 3 is 2.41 bits per heavy atom. The van der Waals surface area contributed by atoms with Gasteiger partial charge in [0.25, 0.3) is 0 Å². The Bertz CT molecular complexity index is 907. The van der Waals surface area contributed by atoms with Crippen LogP contribution in [-0.4, -0.2) is 16.4 Å². The smallest absolute Gasteiger partial charge is 0.180 e. The van der Waals surface area contributed by atoms with E-state index in [9.17, 15) is 0 Å². The highest BCUT2D eigenvalue weighted by atomic mass is 35.5. The molecule has 4 nitrogen and oxygen atoms in total. The highest BCUT2D eigenvalue weighted by Crippen LogP contribution is 2.13. The SMILES string of the molecule is NC(=NN=Cc1ccc(Cc2ccc(Cl)nc2)cc1)SCc1ccccc1. The minimum Gasteiger partial charge on any atom is -0.377 e. The first-order valence-electron chi connectivity index (χ1n) is 8.41. The van der Waals surface area contributed by atoms with Gasteiger partial charge in [-0.05, 0) is 34.7 Å². The zero-order valence-electron chi connectivity index (χ0n) is 14.6. The van der Waals surface area contributed by atoms with E-state index in [0.29, 0.717) is 10.3 Å². The predicted octanol–water partition coefficient (Wildman–Crippen LogP) is 4.91. The quantitative estimate of drug-likeness (QED) is 0.279. The molecule has 0 aliphatic carbocycles. The number of thioether (sulfide) groups is 1. The summed E-state index contributed by atoms with van der Waals surface area (Å²) in [7, 11) is 0. The van der Waals surface area contributed by atoms with Crippen LogP contribution in [0.15, 0.2) is 83.1 Å². The van der Waals surface area contributed by atoms with E-state index in [4.69, 9.17) is 17.3 Å². The number of rotatable bonds is 6. The maximum Gasteiger partial charge on any atom is 0.180 e. The van der Waals surface area contributed by atoms with Gasteiger partial charge >= 0.3 is 0 Å². The van der Waals surface area contributed by atoms with E-state index < -0.39 is 0 Å². The van der Waals surface area contributed by atoms with Crippen LogP contribution in [0.2, 0.25) is 5.15 Å². The second-order valence-electron chi connectivity index (χ2n) is 5.86. The van der Waals surface area contributed by atoms with E-state index in [-0.39, 0.29) is 0 Å². The summed E-state index contributed by atoms with van der Waals surface area (Å²) < 4.78 is 0. The fourth-order valence-corrected chi connectivity index (χ4v) is 3.10. The lowest BCUT2D eigenvalue weighted by Gasteiger charge is -2.02. The van der Waals surface area contributed by atoms with Crippen LogP contribution in [0, 0.1) is 0 Å². The molecule has 0 aliphatic rings. The molecule has 0 saturated heterocycles. The largest absolute Gasteiger partial charge is 0.377 e. The van der Waals surface area contributed by atoms with E-state index in [0.717, 1.165) is 23.3 Å². The molecule has 0 amide bonds. The summed E-state index contributed by atoms with van der Waals surface area (Å²) in [5, 5.41) is 9.06. The van der Waals surface area contributed by atoms with Gasteiger partial charge in [0.2, 0.25) is 0 Å². The van der Waals surface area contributed by atoms with Crippen molar-refractivity contribution in [2.24, 2.45) is 15.9 Å². The third-order valence-electron chi connectivity index (χ3n) is 3.77. The third kappa shape index (κ3) is 6.55. The third-order valence-corrected chi connectivity index (χ3v) is 4.85. The Morgan fingerprint density at radius 1 is 0.963 bits per heavy atom. The van der Waals surface area contributed by atoms with Crippen molar-refractivity contribution in [2.75, 3.05) is 0 Å². The molecule has 0 saturated carbocycles. The zero-order chi connectivity index (χ0) is 18.9. The lowest BCUT2D eigenvalue weighted by Crippen LogP contribution is -2.05. The monoisotopic (exact) mass is 394 g/mol. The number of hydrogen-bond acceptors (Lipinski definition) is 4. The molecular formula is C21H19ClN4S. The van der Waals surface area contributed by atoms with Gasteiger partial charge in [-0.25, -0.2) is 4.98 Å². The second-order valence-corrected chi connectivity index (χ2v) is 7.25. The van der Waals surface area contributed by atoms with E-state index in [2.05, 4.69) is 39.5 Å². The van der Waals surface area contributed by atoms with Crippen LogP contribution in [0.1, 0.15) is 22.3 Å². The van der Waals surface area contributed by atoms with Gasteiger partial charge in [-0.3, -0.25) is 0 Å². The normalized spacial score (nSPS) is 11.8. The molecule has 0 unspecified atom stereocenters. The molecule has 0 fully saturated rings. The van der Waals surface area contributed by atoms with Crippen LogP contribution in [0.3, 0.4) is 0 Å². The number of halogens is 1. The Balaban J connectivity index is 1.51. The molecule has 2 aromatic carbocycles. The topological polar surface area (TPSA) is 63.6 Å². The molecule has 1 aromatic heterocycles. The van der Waals surface area contributed by atoms with Crippen molar-refractivity contribution in [3.05, 3.63) is 100 Å². The fourth-order valence-electron chi connectivity index (χ4n) is 2.38. The molecule has 1 heterocycles. The van der Waals surface area contributed by atoms with Crippen molar-refractivity contribution in [3.63, 3.8) is 0 Å². The van der Waals surface area contributed by atoms with Crippen molar-refractivity contribution in [1.29, 1.82) is 0 Å². The summed E-state index contributed by atoms with van der Waals surface area (Å²) in [6.45, 7) is 0. The Labute approximate surface area is 168 Å². The van der Waals surface area contributed by atoms with Crippen molar-refractivity contribution in [3.8, 4) is 0 Å². The number of pyridine rings is 1. The number of amidine groups is 1. The number of benzene rings is 2. The summed E-state index contributed by atoms with van der Waals surface area (Å²) in [5.74, 6) is 0.778. The molecule has 3 aromatic rings.